The van der Waals surface area contributed by atoms with Crippen LogP contribution in [0.1, 0.15) is 16.1 Å². The molecule has 0 aliphatic carbocycles. The highest BCUT2D eigenvalue weighted by Crippen LogP contribution is 2.17. The van der Waals surface area contributed by atoms with Crippen molar-refractivity contribution in [3.63, 3.8) is 0 Å². The maximum absolute atomic E-state index is 11.3. The summed E-state index contributed by atoms with van der Waals surface area (Å²) < 4.78 is 0. The topological polar surface area (TPSA) is 50.2 Å². The number of aryl methyl sites for hydroxylation is 1. The zero-order valence-electron chi connectivity index (χ0n) is 10.2. The van der Waals surface area contributed by atoms with Gasteiger partial charge in [0.2, 0.25) is 0 Å². The van der Waals surface area contributed by atoms with Gasteiger partial charge in [-0.05, 0) is 18.9 Å². The van der Waals surface area contributed by atoms with Crippen LogP contribution < -0.4 is 0 Å². The average molecular weight is 261 g/mol. The second-order valence-electron chi connectivity index (χ2n) is 4.36. The van der Waals surface area contributed by atoms with Gasteiger partial charge in [-0.2, -0.15) is 0 Å². The van der Waals surface area contributed by atoms with E-state index in [9.17, 15) is 9.90 Å². The Morgan fingerprint density at radius 3 is 2.89 bits per heavy atom. The molecule has 1 unspecified atom stereocenters. The van der Waals surface area contributed by atoms with Crippen LogP contribution in [0.5, 0.6) is 0 Å². The summed E-state index contributed by atoms with van der Waals surface area (Å²) in [4.78, 5) is 15.4. The molecule has 94 valence electrons. The highest BCUT2D eigenvalue weighted by molar-refractivity contribution is 7.09. The SMILES string of the molecule is Cc1cccc(CC(Cc2nccs2)C(=O)O)c1. The fourth-order valence-electron chi connectivity index (χ4n) is 1.93. The van der Waals surface area contributed by atoms with Crippen molar-refractivity contribution in [2.24, 2.45) is 5.92 Å². The predicted molar refractivity (Wildman–Crippen MR) is 71.8 cm³/mol. The number of benzene rings is 1. The molecule has 0 fully saturated rings. The first-order chi connectivity index (χ1) is 8.65. The van der Waals surface area contributed by atoms with Gasteiger partial charge >= 0.3 is 5.97 Å². The van der Waals surface area contributed by atoms with E-state index in [1.165, 1.54) is 11.3 Å². The number of hydrogen-bond acceptors (Lipinski definition) is 3. The van der Waals surface area contributed by atoms with E-state index in [1.54, 1.807) is 6.20 Å². The Balaban J connectivity index is 2.09. The third-order valence-corrected chi connectivity index (χ3v) is 3.62. The summed E-state index contributed by atoms with van der Waals surface area (Å²) in [6.45, 7) is 2.01. The molecule has 2 rings (SSSR count). The normalized spacial score (nSPS) is 12.3. The zero-order chi connectivity index (χ0) is 13.0. The molecule has 0 radical (unpaired) electrons. The Morgan fingerprint density at radius 1 is 1.44 bits per heavy atom. The molecule has 1 N–H and O–H groups in total. The average Bonchev–Trinajstić information content (AvgIpc) is 2.81. The fourth-order valence-corrected chi connectivity index (χ4v) is 2.63. The summed E-state index contributed by atoms with van der Waals surface area (Å²) in [7, 11) is 0. The van der Waals surface area contributed by atoms with Crippen molar-refractivity contribution in [2.45, 2.75) is 19.8 Å². The van der Waals surface area contributed by atoms with Gasteiger partial charge in [0.25, 0.3) is 0 Å². The molecule has 0 saturated heterocycles. The zero-order valence-corrected chi connectivity index (χ0v) is 11.0. The van der Waals surface area contributed by atoms with Crippen molar-refractivity contribution in [1.29, 1.82) is 0 Å². The van der Waals surface area contributed by atoms with Gasteiger partial charge < -0.3 is 5.11 Å². The fraction of sp³-hybridized carbons (Fsp3) is 0.286. The van der Waals surface area contributed by atoms with Gasteiger partial charge in [-0.3, -0.25) is 4.79 Å². The summed E-state index contributed by atoms with van der Waals surface area (Å²) in [5, 5.41) is 12.0. The van der Waals surface area contributed by atoms with E-state index < -0.39 is 11.9 Å². The van der Waals surface area contributed by atoms with E-state index in [4.69, 9.17) is 0 Å². The maximum Gasteiger partial charge on any atom is 0.307 e. The lowest BCUT2D eigenvalue weighted by Crippen LogP contribution is -2.19. The maximum atomic E-state index is 11.3. The summed E-state index contributed by atoms with van der Waals surface area (Å²) in [5.41, 5.74) is 2.23. The Morgan fingerprint density at radius 2 is 2.28 bits per heavy atom. The van der Waals surface area contributed by atoms with Crippen LogP contribution >= 0.6 is 11.3 Å². The molecule has 0 spiro atoms. The van der Waals surface area contributed by atoms with Crippen molar-refractivity contribution in [2.75, 3.05) is 0 Å². The van der Waals surface area contributed by atoms with Gasteiger partial charge in [-0.25, -0.2) is 4.98 Å². The van der Waals surface area contributed by atoms with Gasteiger partial charge in [-0.15, -0.1) is 11.3 Å². The van der Waals surface area contributed by atoms with Gasteiger partial charge in [0.05, 0.1) is 10.9 Å². The first-order valence-corrected chi connectivity index (χ1v) is 6.70. The number of carboxylic acid groups (broad SMARTS) is 1. The number of nitrogens with zero attached hydrogens (tertiary/aromatic N) is 1. The molecule has 0 aliphatic rings. The molecule has 0 saturated carbocycles. The molecule has 18 heavy (non-hydrogen) atoms. The Labute approximate surface area is 110 Å². The third kappa shape index (κ3) is 3.40. The molecule has 1 aromatic carbocycles. The Hall–Kier alpha value is -1.68. The quantitative estimate of drug-likeness (QED) is 0.900. The number of carbonyl (C=O) groups is 1. The lowest BCUT2D eigenvalue weighted by atomic mass is 9.96. The Bertz CT molecular complexity index is 522. The number of thiazole rings is 1. The van der Waals surface area contributed by atoms with E-state index in [0.29, 0.717) is 12.8 Å². The van der Waals surface area contributed by atoms with Gasteiger partial charge in [0, 0.05) is 18.0 Å². The molecule has 2 aromatic rings. The minimum absolute atomic E-state index is 0.405. The number of rotatable bonds is 5. The van der Waals surface area contributed by atoms with Gasteiger partial charge in [0.15, 0.2) is 0 Å². The number of carboxylic acids is 1. The van der Waals surface area contributed by atoms with Crippen molar-refractivity contribution in [3.05, 3.63) is 52.0 Å². The molecular weight excluding hydrogens is 246 g/mol. The van der Waals surface area contributed by atoms with Crippen molar-refractivity contribution in [1.82, 2.24) is 4.98 Å². The minimum Gasteiger partial charge on any atom is -0.481 e. The van der Waals surface area contributed by atoms with Crippen LogP contribution in [-0.4, -0.2) is 16.1 Å². The molecule has 0 amide bonds. The lowest BCUT2D eigenvalue weighted by Gasteiger charge is -2.11. The summed E-state index contributed by atoms with van der Waals surface area (Å²) in [6.07, 6.45) is 2.77. The highest BCUT2D eigenvalue weighted by Gasteiger charge is 2.19. The van der Waals surface area contributed by atoms with Crippen LogP contribution in [0.3, 0.4) is 0 Å². The van der Waals surface area contributed by atoms with Crippen molar-refractivity contribution in [3.8, 4) is 0 Å². The smallest absolute Gasteiger partial charge is 0.307 e. The van der Waals surface area contributed by atoms with Gasteiger partial charge in [-0.1, -0.05) is 29.8 Å². The van der Waals surface area contributed by atoms with Gasteiger partial charge in [0.1, 0.15) is 0 Å². The lowest BCUT2D eigenvalue weighted by molar-refractivity contribution is -0.141. The van der Waals surface area contributed by atoms with Crippen LogP contribution in [0.4, 0.5) is 0 Å². The van der Waals surface area contributed by atoms with Crippen molar-refractivity contribution >= 4 is 17.3 Å². The van der Waals surface area contributed by atoms with E-state index in [1.807, 2.05) is 36.6 Å². The number of hydrogen-bond donors (Lipinski definition) is 1. The molecule has 1 aromatic heterocycles. The van der Waals surface area contributed by atoms with Crippen LogP contribution in [0, 0.1) is 12.8 Å². The van der Waals surface area contributed by atoms with Crippen LogP contribution in [-0.2, 0) is 17.6 Å². The molecule has 1 heterocycles. The second-order valence-corrected chi connectivity index (χ2v) is 5.34. The summed E-state index contributed by atoms with van der Waals surface area (Å²) >= 11 is 1.51. The highest BCUT2D eigenvalue weighted by atomic mass is 32.1. The van der Waals surface area contributed by atoms with E-state index >= 15 is 0 Å². The first-order valence-electron chi connectivity index (χ1n) is 5.82. The predicted octanol–water partition coefficient (Wildman–Crippen LogP) is 2.94. The molecule has 0 aliphatic heterocycles. The number of aromatic nitrogens is 1. The summed E-state index contributed by atoms with van der Waals surface area (Å²) in [5.74, 6) is -1.16. The second kappa shape index (κ2) is 5.78. The standard InChI is InChI=1S/C14H15NO2S/c1-10-3-2-4-11(7-10)8-12(14(16)17)9-13-15-5-6-18-13/h2-7,12H,8-9H2,1H3,(H,16,17). The first kappa shape index (κ1) is 12.8. The van der Waals surface area contributed by atoms with E-state index in [2.05, 4.69) is 4.98 Å². The van der Waals surface area contributed by atoms with E-state index in [0.717, 1.165) is 16.1 Å². The van der Waals surface area contributed by atoms with Crippen LogP contribution in [0.15, 0.2) is 35.8 Å². The largest absolute Gasteiger partial charge is 0.481 e. The number of aliphatic carboxylic acids is 1. The molecule has 1 atom stereocenters. The summed E-state index contributed by atoms with van der Waals surface area (Å²) in [6, 6.07) is 8.00. The minimum atomic E-state index is -0.758. The van der Waals surface area contributed by atoms with Crippen molar-refractivity contribution < 1.29 is 9.90 Å². The molecule has 3 nitrogen and oxygen atoms in total. The van der Waals surface area contributed by atoms with E-state index in [-0.39, 0.29) is 0 Å². The molecule has 4 heteroatoms. The Kier molecular flexibility index (Phi) is 4.10. The third-order valence-electron chi connectivity index (χ3n) is 2.82. The van der Waals surface area contributed by atoms with Crippen LogP contribution in [0.2, 0.25) is 0 Å². The monoisotopic (exact) mass is 261 g/mol. The molecular formula is C14H15NO2S. The van der Waals surface area contributed by atoms with Crippen LogP contribution in [0.25, 0.3) is 0 Å². The molecule has 0 bridgehead atoms.